The molecule has 1 heterocycles. The summed E-state index contributed by atoms with van der Waals surface area (Å²) in [7, 11) is 1.64. The van der Waals surface area contributed by atoms with Gasteiger partial charge in [0.15, 0.2) is 5.96 Å². The van der Waals surface area contributed by atoms with E-state index in [0.29, 0.717) is 12.5 Å². The number of hydrogen-bond acceptors (Lipinski definition) is 3. The number of rotatable bonds is 6. The summed E-state index contributed by atoms with van der Waals surface area (Å²) < 4.78 is 7.25. The predicted octanol–water partition coefficient (Wildman–Crippen LogP) is 3.18. The van der Waals surface area contributed by atoms with Crippen LogP contribution in [-0.2, 0) is 13.1 Å². The van der Waals surface area contributed by atoms with Gasteiger partial charge in [-0.1, -0.05) is 24.3 Å². The minimum absolute atomic E-state index is 0.381. The van der Waals surface area contributed by atoms with Crippen molar-refractivity contribution in [3.05, 3.63) is 77.9 Å². The molecule has 0 unspecified atom stereocenters. The van der Waals surface area contributed by atoms with Crippen molar-refractivity contribution in [2.75, 3.05) is 12.4 Å². The maximum Gasteiger partial charge on any atom is 0.193 e. The maximum absolute atomic E-state index is 5.99. The Balaban J connectivity index is 1.61. The van der Waals surface area contributed by atoms with Gasteiger partial charge in [0.2, 0.25) is 0 Å². The number of hydrogen-bond donors (Lipinski definition) is 2. The van der Waals surface area contributed by atoms with Crippen LogP contribution in [0.5, 0.6) is 5.75 Å². The molecule has 2 aromatic carbocycles. The van der Waals surface area contributed by atoms with Crippen LogP contribution in [0.15, 0.2) is 65.9 Å². The molecule has 3 aromatic rings. The van der Waals surface area contributed by atoms with Crippen molar-refractivity contribution in [2.24, 2.45) is 10.7 Å². The first-order chi connectivity index (χ1) is 12.6. The Kier molecular flexibility index (Phi) is 5.53. The number of ether oxygens (including phenoxy) is 1. The molecule has 0 saturated carbocycles. The lowest BCUT2D eigenvalue weighted by Crippen LogP contribution is -2.22. The fourth-order valence-corrected chi connectivity index (χ4v) is 2.63. The van der Waals surface area contributed by atoms with E-state index in [1.807, 2.05) is 49.6 Å². The SMILES string of the molecule is COc1ccc(NC(N)=NCc2cccc(Cn3ccnc3C)c2)cc1. The Hall–Kier alpha value is -3.28. The molecule has 1 aromatic heterocycles. The van der Waals surface area contributed by atoms with Gasteiger partial charge >= 0.3 is 0 Å². The van der Waals surface area contributed by atoms with Crippen LogP contribution in [0, 0.1) is 6.92 Å². The monoisotopic (exact) mass is 349 g/mol. The quantitative estimate of drug-likeness (QED) is 0.529. The number of aromatic nitrogens is 2. The van der Waals surface area contributed by atoms with Gasteiger partial charge in [0.25, 0.3) is 0 Å². The fourth-order valence-electron chi connectivity index (χ4n) is 2.63. The van der Waals surface area contributed by atoms with Gasteiger partial charge in [0.05, 0.1) is 13.7 Å². The molecule has 0 amide bonds. The van der Waals surface area contributed by atoms with E-state index in [9.17, 15) is 0 Å². The summed E-state index contributed by atoms with van der Waals surface area (Å²) in [6.07, 6.45) is 3.80. The summed E-state index contributed by atoms with van der Waals surface area (Å²) in [6.45, 7) is 3.31. The van der Waals surface area contributed by atoms with Crippen LogP contribution in [0.2, 0.25) is 0 Å². The van der Waals surface area contributed by atoms with E-state index in [1.54, 1.807) is 7.11 Å². The molecule has 134 valence electrons. The second-order valence-corrected chi connectivity index (χ2v) is 5.98. The molecule has 3 rings (SSSR count). The standard InChI is InChI=1S/C20H23N5O/c1-15-22-10-11-25(15)14-17-5-3-4-16(12-17)13-23-20(21)24-18-6-8-19(26-2)9-7-18/h3-12H,13-14H2,1-2H3,(H3,21,23,24). The van der Waals surface area contributed by atoms with Crippen LogP contribution in [0.3, 0.4) is 0 Å². The third-order valence-corrected chi connectivity index (χ3v) is 4.06. The molecule has 0 radical (unpaired) electrons. The van der Waals surface area contributed by atoms with E-state index in [4.69, 9.17) is 10.5 Å². The molecule has 0 aliphatic heterocycles. The minimum atomic E-state index is 0.381. The average molecular weight is 349 g/mol. The average Bonchev–Trinajstić information content (AvgIpc) is 3.06. The first-order valence-corrected chi connectivity index (χ1v) is 8.40. The summed E-state index contributed by atoms with van der Waals surface area (Å²) in [4.78, 5) is 8.67. The lowest BCUT2D eigenvalue weighted by Gasteiger charge is -2.08. The zero-order chi connectivity index (χ0) is 18.4. The van der Waals surface area contributed by atoms with Gasteiger partial charge in [-0.25, -0.2) is 9.98 Å². The van der Waals surface area contributed by atoms with Crippen molar-refractivity contribution in [1.29, 1.82) is 0 Å². The number of benzene rings is 2. The number of nitrogens with zero attached hydrogens (tertiary/aromatic N) is 3. The molecular weight excluding hydrogens is 326 g/mol. The van der Waals surface area contributed by atoms with Crippen molar-refractivity contribution in [2.45, 2.75) is 20.0 Å². The molecule has 0 spiro atoms. The fraction of sp³-hybridized carbons (Fsp3) is 0.200. The Bertz CT molecular complexity index is 883. The van der Waals surface area contributed by atoms with Gasteiger partial charge in [0.1, 0.15) is 11.6 Å². The predicted molar refractivity (Wildman–Crippen MR) is 104 cm³/mol. The van der Waals surface area contributed by atoms with Gasteiger partial charge < -0.3 is 20.4 Å². The Morgan fingerprint density at radius 2 is 1.96 bits per heavy atom. The Morgan fingerprint density at radius 3 is 2.65 bits per heavy atom. The number of anilines is 1. The summed E-state index contributed by atoms with van der Waals surface area (Å²) in [5.74, 6) is 2.18. The van der Waals surface area contributed by atoms with E-state index in [2.05, 4.69) is 38.1 Å². The summed E-state index contributed by atoms with van der Waals surface area (Å²) in [6, 6.07) is 15.9. The number of aliphatic imine (C=N–C) groups is 1. The summed E-state index contributed by atoms with van der Waals surface area (Å²) in [5.41, 5.74) is 9.18. The molecule has 0 fully saturated rings. The van der Waals surface area contributed by atoms with Gasteiger partial charge in [-0.05, 0) is 42.3 Å². The largest absolute Gasteiger partial charge is 0.497 e. The number of aryl methyl sites for hydroxylation is 1. The van der Waals surface area contributed by atoms with E-state index in [0.717, 1.165) is 29.4 Å². The highest BCUT2D eigenvalue weighted by Crippen LogP contribution is 2.15. The third kappa shape index (κ3) is 4.63. The van der Waals surface area contributed by atoms with Gasteiger partial charge in [-0.2, -0.15) is 0 Å². The first kappa shape index (κ1) is 17.5. The molecule has 0 bridgehead atoms. The molecule has 0 saturated heterocycles. The minimum Gasteiger partial charge on any atom is -0.497 e. The van der Waals surface area contributed by atoms with Gasteiger partial charge in [-0.3, -0.25) is 0 Å². The molecule has 0 aliphatic rings. The molecular formula is C20H23N5O. The zero-order valence-electron chi connectivity index (χ0n) is 15.0. The van der Waals surface area contributed by atoms with Gasteiger partial charge in [-0.15, -0.1) is 0 Å². The molecule has 3 N–H and O–H groups in total. The lowest BCUT2D eigenvalue weighted by atomic mass is 10.1. The highest BCUT2D eigenvalue weighted by atomic mass is 16.5. The second kappa shape index (κ2) is 8.20. The molecule has 0 atom stereocenters. The summed E-state index contributed by atoms with van der Waals surface area (Å²) in [5, 5.41) is 3.08. The highest BCUT2D eigenvalue weighted by molar-refractivity contribution is 5.92. The third-order valence-electron chi connectivity index (χ3n) is 4.06. The van der Waals surface area contributed by atoms with Crippen molar-refractivity contribution in [3.8, 4) is 5.75 Å². The number of imidazole rings is 1. The van der Waals surface area contributed by atoms with Crippen LogP contribution in [0.25, 0.3) is 0 Å². The number of methoxy groups -OCH3 is 1. The van der Waals surface area contributed by atoms with E-state index >= 15 is 0 Å². The van der Waals surface area contributed by atoms with Gasteiger partial charge in [0, 0.05) is 24.6 Å². The Labute approximate surface area is 153 Å². The number of guanidine groups is 1. The van der Waals surface area contributed by atoms with Crippen molar-refractivity contribution in [3.63, 3.8) is 0 Å². The van der Waals surface area contributed by atoms with E-state index in [1.165, 1.54) is 5.56 Å². The van der Waals surface area contributed by atoms with E-state index < -0.39 is 0 Å². The van der Waals surface area contributed by atoms with Crippen LogP contribution < -0.4 is 15.8 Å². The smallest absolute Gasteiger partial charge is 0.193 e. The summed E-state index contributed by atoms with van der Waals surface area (Å²) >= 11 is 0. The zero-order valence-corrected chi connectivity index (χ0v) is 15.0. The Morgan fingerprint density at radius 1 is 1.19 bits per heavy atom. The number of nitrogens with one attached hydrogen (secondary N) is 1. The molecule has 0 aliphatic carbocycles. The molecule has 6 nitrogen and oxygen atoms in total. The van der Waals surface area contributed by atoms with Crippen LogP contribution >= 0.6 is 0 Å². The molecule has 6 heteroatoms. The normalized spacial score (nSPS) is 11.4. The van der Waals surface area contributed by atoms with Crippen LogP contribution in [0.4, 0.5) is 5.69 Å². The highest BCUT2D eigenvalue weighted by Gasteiger charge is 2.01. The van der Waals surface area contributed by atoms with Crippen LogP contribution in [0.1, 0.15) is 17.0 Å². The first-order valence-electron chi connectivity index (χ1n) is 8.40. The maximum atomic E-state index is 5.99. The molecule has 26 heavy (non-hydrogen) atoms. The van der Waals surface area contributed by atoms with Crippen molar-refractivity contribution >= 4 is 11.6 Å². The van der Waals surface area contributed by atoms with E-state index in [-0.39, 0.29) is 0 Å². The second-order valence-electron chi connectivity index (χ2n) is 5.98. The number of nitrogens with two attached hydrogens (primary N) is 1. The van der Waals surface area contributed by atoms with Crippen LogP contribution in [-0.4, -0.2) is 22.6 Å². The topological polar surface area (TPSA) is 77.5 Å². The van der Waals surface area contributed by atoms with Crippen molar-refractivity contribution < 1.29 is 4.74 Å². The van der Waals surface area contributed by atoms with Crippen molar-refractivity contribution in [1.82, 2.24) is 9.55 Å². The lowest BCUT2D eigenvalue weighted by molar-refractivity contribution is 0.415.